The lowest BCUT2D eigenvalue weighted by molar-refractivity contribution is 0.154. The van der Waals surface area contributed by atoms with Crippen molar-refractivity contribution in [2.75, 3.05) is 0 Å². The summed E-state index contributed by atoms with van der Waals surface area (Å²) in [5, 5.41) is 13.7. The van der Waals surface area contributed by atoms with E-state index >= 15 is 0 Å². The summed E-state index contributed by atoms with van der Waals surface area (Å²) in [7, 11) is 0. The van der Waals surface area contributed by atoms with Gasteiger partial charge in [0.05, 0.1) is 5.71 Å². The number of carbonyl (C=O) groups is 1. The molecule has 96 valence electrons. The molecule has 0 heterocycles. The normalized spacial score (nSPS) is 12.7. The highest BCUT2D eigenvalue weighted by Crippen LogP contribution is 2.08. The first-order valence-corrected chi connectivity index (χ1v) is 5.48. The number of hydrogen-bond donors (Lipinski definition) is 3. The van der Waals surface area contributed by atoms with Crippen molar-refractivity contribution >= 4 is 17.8 Å². The largest absolute Gasteiger partial charge is 0.384 e. The highest BCUT2D eigenvalue weighted by atomic mass is 16.3. The molecule has 0 fully saturated rings. The van der Waals surface area contributed by atoms with Crippen LogP contribution in [-0.2, 0) is 0 Å². The summed E-state index contributed by atoms with van der Waals surface area (Å²) < 4.78 is 0. The van der Waals surface area contributed by atoms with Crippen molar-refractivity contribution in [2.24, 2.45) is 10.8 Å². The van der Waals surface area contributed by atoms with Crippen molar-refractivity contribution in [3.63, 3.8) is 0 Å². The molecule has 2 amide bonds. The molecule has 1 aromatic rings. The quantitative estimate of drug-likeness (QED) is 0.556. The number of aliphatic hydroxyl groups is 1. The van der Waals surface area contributed by atoms with Crippen LogP contribution in [0.3, 0.4) is 0 Å². The van der Waals surface area contributed by atoms with Gasteiger partial charge < -0.3 is 10.8 Å². The highest BCUT2D eigenvalue weighted by Gasteiger charge is 2.19. The first-order chi connectivity index (χ1) is 8.39. The number of urea groups is 1. The molecular weight excluding hydrogens is 230 g/mol. The summed E-state index contributed by atoms with van der Waals surface area (Å²) in [4.78, 5) is 10.6. The van der Waals surface area contributed by atoms with Gasteiger partial charge in [-0.2, -0.15) is 5.10 Å². The molecular formula is C13H17N3O2. The Bertz CT molecular complexity index is 459. The van der Waals surface area contributed by atoms with Gasteiger partial charge in [0, 0.05) is 0 Å². The summed E-state index contributed by atoms with van der Waals surface area (Å²) >= 11 is 0. The van der Waals surface area contributed by atoms with E-state index in [0.29, 0.717) is 5.71 Å². The van der Waals surface area contributed by atoms with E-state index in [9.17, 15) is 9.90 Å². The lowest BCUT2D eigenvalue weighted by Gasteiger charge is -2.17. The van der Waals surface area contributed by atoms with Gasteiger partial charge in [0.1, 0.15) is 5.60 Å². The van der Waals surface area contributed by atoms with E-state index in [1.807, 2.05) is 30.3 Å². The summed E-state index contributed by atoms with van der Waals surface area (Å²) in [5.41, 5.74) is 7.14. The van der Waals surface area contributed by atoms with Crippen LogP contribution in [0.5, 0.6) is 0 Å². The van der Waals surface area contributed by atoms with Crippen LogP contribution in [0.15, 0.2) is 41.5 Å². The fourth-order valence-electron chi connectivity index (χ4n) is 1.23. The third-order valence-corrected chi connectivity index (χ3v) is 2.15. The average molecular weight is 247 g/mol. The molecule has 0 aliphatic heterocycles. The van der Waals surface area contributed by atoms with E-state index in [1.165, 1.54) is 0 Å². The summed E-state index contributed by atoms with van der Waals surface area (Å²) in [6.45, 7) is 3.15. The van der Waals surface area contributed by atoms with E-state index < -0.39 is 11.6 Å². The molecule has 0 radical (unpaired) electrons. The molecule has 0 aliphatic rings. The van der Waals surface area contributed by atoms with Gasteiger partial charge in [-0.3, -0.25) is 0 Å². The topological polar surface area (TPSA) is 87.7 Å². The number of hydrogen-bond acceptors (Lipinski definition) is 3. The Morgan fingerprint density at radius 3 is 2.50 bits per heavy atom. The minimum absolute atomic E-state index is 0.310. The van der Waals surface area contributed by atoms with E-state index in [-0.39, 0.29) is 0 Å². The summed E-state index contributed by atoms with van der Waals surface area (Å²) in [6.07, 6.45) is 3.42. The van der Waals surface area contributed by atoms with Crippen LogP contribution in [0.4, 0.5) is 4.79 Å². The second kappa shape index (κ2) is 5.97. The van der Waals surface area contributed by atoms with Crippen LogP contribution in [0.1, 0.15) is 19.4 Å². The molecule has 0 spiro atoms. The van der Waals surface area contributed by atoms with E-state index in [0.717, 1.165) is 5.56 Å². The first-order valence-electron chi connectivity index (χ1n) is 5.48. The Kier molecular flexibility index (Phi) is 4.62. The number of rotatable bonds is 4. The maximum absolute atomic E-state index is 10.6. The Hall–Kier alpha value is -2.14. The zero-order chi connectivity index (χ0) is 13.6. The van der Waals surface area contributed by atoms with Gasteiger partial charge in [-0.1, -0.05) is 36.4 Å². The van der Waals surface area contributed by atoms with E-state index in [4.69, 9.17) is 5.73 Å². The Morgan fingerprint density at radius 1 is 1.39 bits per heavy atom. The van der Waals surface area contributed by atoms with Gasteiger partial charge in [0.15, 0.2) is 0 Å². The molecule has 1 aromatic carbocycles. The number of nitrogens with zero attached hydrogens (tertiary/aromatic N) is 1. The number of carbonyl (C=O) groups excluding carboxylic acids is 1. The number of nitrogens with one attached hydrogen (secondary N) is 1. The fraction of sp³-hybridized carbons (Fsp3) is 0.231. The molecule has 1 rings (SSSR count). The number of hydrazone groups is 1. The molecule has 0 saturated carbocycles. The third-order valence-electron chi connectivity index (χ3n) is 2.15. The van der Waals surface area contributed by atoms with Crippen molar-refractivity contribution in [1.82, 2.24) is 5.43 Å². The summed E-state index contributed by atoms with van der Waals surface area (Å²) in [5.74, 6) is 0. The Morgan fingerprint density at radius 2 is 2.00 bits per heavy atom. The van der Waals surface area contributed by atoms with Gasteiger partial charge in [0.25, 0.3) is 0 Å². The molecule has 0 aromatic heterocycles. The third kappa shape index (κ3) is 4.80. The molecule has 0 bridgehead atoms. The van der Waals surface area contributed by atoms with Crippen LogP contribution in [0, 0.1) is 0 Å². The lowest BCUT2D eigenvalue weighted by Crippen LogP contribution is -2.34. The van der Waals surface area contributed by atoms with Crippen molar-refractivity contribution in [2.45, 2.75) is 19.4 Å². The Labute approximate surface area is 106 Å². The van der Waals surface area contributed by atoms with Crippen LogP contribution < -0.4 is 11.2 Å². The van der Waals surface area contributed by atoms with Crippen LogP contribution >= 0.6 is 0 Å². The highest BCUT2D eigenvalue weighted by molar-refractivity contribution is 6.04. The molecule has 0 unspecified atom stereocenters. The monoisotopic (exact) mass is 247 g/mol. The van der Waals surface area contributed by atoms with Gasteiger partial charge in [-0.25, -0.2) is 10.2 Å². The number of primary amides is 1. The first kappa shape index (κ1) is 13.9. The lowest BCUT2D eigenvalue weighted by atomic mass is 10.0. The molecule has 0 aliphatic carbocycles. The summed E-state index contributed by atoms with van der Waals surface area (Å²) in [6, 6.07) is 8.78. The second-order valence-corrected chi connectivity index (χ2v) is 4.28. The number of benzene rings is 1. The smallest absolute Gasteiger partial charge is 0.332 e. The maximum atomic E-state index is 10.6. The van der Waals surface area contributed by atoms with Crippen molar-refractivity contribution in [3.8, 4) is 0 Å². The second-order valence-electron chi connectivity index (χ2n) is 4.28. The Balaban J connectivity index is 2.89. The minimum Gasteiger partial charge on any atom is -0.384 e. The van der Waals surface area contributed by atoms with E-state index in [1.54, 1.807) is 26.0 Å². The maximum Gasteiger partial charge on any atom is 0.332 e. The average Bonchev–Trinajstić information content (AvgIpc) is 2.28. The zero-order valence-electron chi connectivity index (χ0n) is 10.4. The minimum atomic E-state index is -1.17. The zero-order valence-corrected chi connectivity index (χ0v) is 10.4. The molecule has 18 heavy (non-hydrogen) atoms. The molecule has 0 atom stereocenters. The van der Waals surface area contributed by atoms with Gasteiger partial charge in [0.2, 0.25) is 0 Å². The molecule has 5 nitrogen and oxygen atoms in total. The van der Waals surface area contributed by atoms with Crippen molar-refractivity contribution in [1.29, 1.82) is 0 Å². The molecule has 0 saturated heterocycles. The standard InChI is InChI=1S/C13H17N3O2/c1-13(2,18)11(15-16-12(14)17)9-8-10-6-4-3-5-7-10/h3-9,18H,1-2H3,(H3,14,16,17)/b9-8+,15-11+. The predicted octanol–water partition coefficient (Wildman–Crippen LogP) is 1.49. The van der Waals surface area contributed by atoms with Crippen molar-refractivity contribution in [3.05, 3.63) is 42.0 Å². The molecule has 4 N–H and O–H groups in total. The van der Waals surface area contributed by atoms with Crippen LogP contribution in [0.2, 0.25) is 0 Å². The van der Waals surface area contributed by atoms with Crippen LogP contribution in [0.25, 0.3) is 6.08 Å². The number of nitrogens with two attached hydrogens (primary N) is 1. The van der Waals surface area contributed by atoms with E-state index in [2.05, 4.69) is 10.5 Å². The number of amides is 2. The fourth-order valence-corrected chi connectivity index (χ4v) is 1.23. The van der Waals surface area contributed by atoms with Gasteiger partial charge in [-0.15, -0.1) is 0 Å². The predicted molar refractivity (Wildman–Crippen MR) is 71.9 cm³/mol. The van der Waals surface area contributed by atoms with Crippen molar-refractivity contribution < 1.29 is 9.90 Å². The van der Waals surface area contributed by atoms with Gasteiger partial charge >= 0.3 is 6.03 Å². The van der Waals surface area contributed by atoms with Crippen LogP contribution in [-0.4, -0.2) is 22.5 Å². The van der Waals surface area contributed by atoms with Gasteiger partial charge in [-0.05, 0) is 25.5 Å². The molecule has 5 heteroatoms. The SMILES string of the molecule is CC(C)(O)C(/C=C/c1ccccc1)=N/NC(N)=O.